The highest BCUT2D eigenvalue weighted by molar-refractivity contribution is 5.84. The van der Waals surface area contributed by atoms with Gasteiger partial charge in [0.05, 0.1) is 0 Å². The Morgan fingerprint density at radius 3 is 2.85 bits per heavy atom. The largest absolute Gasteiger partial charge is 0.488 e. The van der Waals surface area contributed by atoms with Gasteiger partial charge in [-0.15, -0.1) is 0 Å². The van der Waals surface area contributed by atoms with Crippen LogP contribution in [0.3, 0.4) is 0 Å². The Hall–Kier alpha value is -2.01. The van der Waals surface area contributed by atoms with Crippen LogP contribution < -0.4 is 4.74 Å². The maximum absolute atomic E-state index is 10.7. The second-order valence-corrected chi connectivity index (χ2v) is 5.48. The minimum Gasteiger partial charge on any atom is -0.488 e. The Balaban J connectivity index is 1.78. The van der Waals surface area contributed by atoms with E-state index in [1.54, 1.807) is 0 Å². The van der Waals surface area contributed by atoms with E-state index < -0.39 is 0 Å². The molecule has 0 atom stereocenters. The van der Waals surface area contributed by atoms with Gasteiger partial charge in [-0.05, 0) is 31.1 Å². The number of ether oxygens (including phenoxy) is 1. The molecule has 2 aliphatic rings. The van der Waals surface area contributed by atoms with Crippen molar-refractivity contribution in [1.29, 1.82) is 0 Å². The molecule has 2 nitrogen and oxygen atoms in total. The molecule has 1 saturated carbocycles. The molecule has 0 radical (unpaired) electrons. The average Bonchev–Trinajstić information content (AvgIpc) is 2.53. The quantitative estimate of drug-likeness (QED) is 0.573. The third-order valence-corrected chi connectivity index (χ3v) is 3.93. The van der Waals surface area contributed by atoms with E-state index in [1.165, 1.54) is 32.1 Å². The fourth-order valence-corrected chi connectivity index (χ4v) is 2.76. The van der Waals surface area contributed by atoms with Crippen LogP contribution in [0.2, 0.25) is 0 Å². The van der Waals surface area contributed by atoms with Crippen molar-refractivity contribution in [1.82, 2.24) is 0 Å². The summed E-state index contributed by atoms with van der Waals surface area (Å²) in [7, 11) is 0. The van der Waals surface area contributed by atoms with Gasteiger partial charge in [0.25, 0.3) is 0 Å². The van der Waals surface area contributed by atoms with E-state index in [1.807, 2.05) is 24.3 Å². The Morgan fingerprint density at radius 2 is 2.05 bits per heavy atom. The normalized spacial score (nSPS) is 18.1. The summed E-state index contributed by atoms with van der Waals surface area (Å²) >= 11 is 0. The molecule has 0 bridgehead atoms. The second-order valence-electron chi connectivity index (χ2n) is 5.48. The Labute approximate surface area is 119 Å². The summed E-state index contributed by atoms with van der Waals surface area (Å²) in [5.41, 5.74) is 2.64. The molecule has 102 valence electrons. The number of hydrogen-bond acceptors (Lipinski definition) is 2. The summed E-state index contributed by atoms with van der Waals surface area (Å²) in [6.07, 6.45) is 9.18. The van der Waals surface area contributed by atoms with Gasteiger partial charge in [-0.1, -0.05) is 37.2 Å². The standard InChI is InChI=1S/C18H18O2/c19-12-16-10-17-9-8-15(11-18(17)20-13-16)7-6-14-4-2-1-3-5-14/h8-12,14H,1-5,13H2. The zero-order chi connectivity index (χ0) is 13.8. The van der Waals surface area contributed by atoms with Crippen LogP contribution in [0.1, 0.15) is 43.2 Å². The highest BCUT2D eigenvalue weighted by atomic mass is 16.5. The van der Waals surface area contributed by atoms with Gasteiger partial charge in [-0.3, -0.25) is 4.79 Å². The topological polar surface area (TPSA) is 26.3 Å². The molecular weight excluding hydrogens is 248 g/mol. The lowest BCUT2D eigenvalue weighted by molar-refractivity contribution is -0.105. The molecule has 0 N–H and O–H groups in total. The molecule has 0 saturated heterocycles. The monoisotopic (exact) mass is 266 g/mol. The third-order valence-electron chi connectivity index (χ3n) is 3.93. The van der Waals surface area contributed by atoms with Gasteiger partial charge >= 0.3 is 0 Å². The number of benzene rings is 1. The molecule has 20 heavy (non-hydrogen) atoms. The first-order valence-corrected chi connectivity index (χ1v) is 7.29. The molecule has 0 aromatic heterocycles. The molecule has 1 fully saturated rings. The van der Waals surface area contributed by atoms with Crippen LogP contribution in [-0.4, -0.2) is 12.9 Å². The molecule has 1 aliphatic carbocycles. The van der Waals surface area contributed by atoms with Crippen LogP contribution >= 0.6 is 0 Å². The molecular formula is C18H18O2. The summed E-state index contributed by atoms with van der Waals surface area (Å²) < 4.78 is 5.59. The van der Waals surface area contributed by atoms with E-state index in [4.69, 9.17) is 4.74 Å². The summed E-state index contributed by atoms with van der Waals surface area (Å²) in [6.45, 7) is 0.357. The van der Waals surface area contributed by atoms with Crippen LogP contribution in [0, 0.1) is 17.8 Å². The maximum Gasteiger partial charge on any atom is 0.149 e. The number of hydrogen-bond donors (Lipinski definition) is 0. The number of aldehydes is 1. The summed E-state index contributed by atoms with van der Waals surface area (Å²) in [5.74, 6) is 8.04. The minimum absolute atomic E-state index is 0.357. The Bertz CT molecular complexity index is 596. The number of carbonyl (C=O) groups excluding carboxylic acids is 1. The lowest BCUT2D eigenvalue weighted by Crippen LogP contribution is -2.08. The van der Waals surface area contributed by atoms with E-state index in [-0.39, 0.29) is 0 Å². The van der Waals surface area contributed by atoms with Crippen LogP contribution in [0.25, 0.3) is 6.08 Å². The van der Waals surface area contributed by atoms with Crippen LogP contribution in [-0.2, 0) is 4.79 Å². The van der Waals surface area contributed by atoms with Gasteiger partial charge in [0, 0.05) is 22.6 Å². The fourth-order valence-electron chi connectivity index (χ4n) is 2.76. The first-order chi connectivity index (χ1) is 9.85. The van der Waals surface area contributed by atoms with Gasteiger partial charge in [-0.25, -0.2) is 0 Å². The highest BCUT2D eigenvalue weighted by Crippen LogP contribution is 2.27. The molecule has 1 aliphatic heterocycles. The summed E-state index contributed by atoms with van der Waals surface area (Å²) in [5, 5.41) is 0. The van der Waals surface area contributed by atoms with Gasteiger partial charge in [0.15, 0.2) is 0 Å². The van der Waals surface area contributed by atoms with Crippen molar-refractivity contribution in [2.45, 2.75) is 32.1 Å². The maximum atomic E-state index is 10.7. The van der Waals surface area contributed by atoms with E-state index in [2.05, 4.69) is 11.8 Å². The van der Waals surface area contributed by atoms with E-state index in [0.29, 0.717) is 18.1 Å². The number of rotatable bonds is 1. The molecule has 0 unspecified atom stereocenters. The summed E-state index contributed by atoms with van der Waals surface area (Å²) in [6, 6.07) is 5.95. The Kier molecular flexibility index (Phi) is 3.87. The molecule has 0 amide bonds. The van der Waals surface area contributed by atoms with Gasteiger partial charge in [0.1, 0.15) is 18.6 Å². The van der Waals surface area contributed by atoms with Crippen molar-refractivity contribution < 1.29 is 9.53 Å². The summed E-state index contributed by atoms with van der Waals surface area (Å²) in [4.78, 5) is 10.7. The van der Waals surface area contributed by atoms with Crippen molar-refractivity contribution in [3.05, 3.63) is 34.9 Å². The first kappa shape index (κ1) is 13.0. The molecule has 3 rings (SSSR count). The number of carbonyl (C=O) groups is 1. The van der Waals surface area contributed by atoms with Crippen molar-refractivity contribution in [3.63, 3.8) is 0 Å². The average molecular weight is 266 g/mol. The molecule has 1 aromatic carbocycles. The predicted octanol–water partition coefficient (Wildman–Crippen LogP) is 3.59. The smallest absolute Gasteiger partial charge is 0.149 e. The zero-order valence-corrected chi connectivity index (χ0v) is 11.5. The highest BCUT2D eigenvalue weighted by Gasteiger charge is 2.12. The number of fused-ring (bicyclic) bond motifs is 1. The third kappa shape index (κ3) is 2.93. The molecule has 1 heterocycles. The lowest BCUT2D eigenvalue weighted by Gasteiger charge is -2.16. The van der Waals surface area contributed by atoms with Gasteiger partial charge < -0.3 is 4.74 Å². The second kappa shape index (κ2) is 5.96. The molecule has 0 spiro atoms. The van der Waals surface area contributed by atoms with E-state index in [9.17, 15) is 4.79 Å². The van der Waals surface area contributed by atoms with Crippen molar-refractivity contribution in [2.75, 3.05) is 6.61 Å². The van der Waals surface area contributed by atoms with E-state index >= 15 is 0 Å². The van der Waals surface area contributed by atoms with Crippen molar-refractivity contribution in [2.24, 2.45) is 5.92 Å². The SMILES string of the molecule is O=CC1=Cc2ccc(C#CC3CCCCC3)cc2OC1. The predicted molar refractivity (Wildman–Crippen MR) is 79.4 cm³/mol. The van der Waals surface area contributed by atoms with Crippen LogP contribution in [0.4, 0.5) is 0 Å². The van der Waals surface area contributed by atoms with Crippen LogP contribution in [0.5, 0.6) is 5.75 Å². The van der Waals surface area contributed by atoms with Crippen LogP contribution in [0.15, 0.2) is 23.8 Å². The minimum atomic E-state index is 0.357. The Morgan fingerprint density at radius 1 is 1.20 bits per heavy atom. The zero-order valence-electron chi connectivity index (χ0n) is 11.5. The fraction of sp³-hybridized carbons (Fsp3) is 0.389. The van der Waals surface area contributed by atoms with Gasteiger partial charge in [-0.2, -0.15) is 0 Å². The molecule has 2 heteroatoms. The first-order valence-electron chi connectivity index (χ1n) is 7.29. The van der Waals surface area contributed by atoms with Gasteiger partial charge in [0.2, 0.25) is 0 Å². The van der Waals surface area contributed by atoms with Crippen molar-refractivity contribution >= 4 is 12.4 Å². The molecule has 1 aromatic rings. The van der Waals surface area contributed by atoms with E-state index in [0.717, 1.165) is 23.2 Å². The van der Waals surface area contributed by atoms with Crippen molar-refractivity contribution in [3.8, 4) is 17.6 Å². The lowest BCUT2D eigenvalue weighted by atomic mass is 9.89.